The molecule has 0 unspecified atom stereocenters. The topological polar surface area (TPSA) is 126 Å². The maximum absolute atomic E-state index is 12.7. The molecule has 1 N–H and O–H groups in total. The monoisotopic (exact) mass is 447 g/mol. The van der Waals surface area contributed by atoms with Gasteiger partial charge in [0.05, 0.1) is 44.1 Å². The molecule has 0 radical (unpaired) electrons. The third kappa shape index (κ3) is 5.37. The number of unbranched alkanes of at least 4 members (excludes halogenated alkanes) is 1. The van der Waals surface area contributed by atoms with Crippen LogP contribution in [0.4, 0.5) is 0 Å². The number of carbonyl (C=O) groups is 1. The molecule has 33 heavy (non-hydrogen) atoms. The molecule has 3 aromatic heterocycles. The Morgan fingerprint density at radius 3 is 2.64 bits per heavy atom. The number of nitrogens with one attached hydrogen (secondary N) is 1. The lowest BCUT2D eigenvalue weighted by Gasteiger charge is -2.09. The van der Waals surface area contributed by atoms with Crippen LogP contribution in [-0.2, 0) is 13.0 Å². The Morgan fingerprint density at radius 1 is 1.12 bits per heavy atom. The number of aromatic nitrogens is 8. The minimum absolute atomic E-state index is 0.146. The Labute approximate surface area is 190 Å². The Morgan fingerprint density at radius 2 is 1.91 bits per heavy atom. The number of amides is 1. The standard InChI is InChI=1S/C22H25N9O2/c1-3-19-28-21(20-24-14-18(33-2)15-25-20)31(29-19)17-8-6-7-16(13-17)22(32)23-9-4-5-12-30-26-10-11-27-30/h6-8,10-11,13-15H,3-5,9,12H2,1-2H3,(H,23,32). The van der Waals surface area contributed by atoms with Gasteiger partial charge in [0.2, 0.25) is 5.82 Å². The summed E-state index contributed by atoms with van der Waals surface area (Å²) >= 11 is 0. The van der Waals surface area contributed by atoms with E-state index in [0.717, 1.165) is 19.4 Å². The first-order chi connectivity index (χ1) is 16.2. The minimum Gasteiger partial charge on any atom is -0.494 e. The van der Waals surface area contributed by atoms with Crippen LogP contribution in [0.25, 0.3) is 17.3 Å². The van der Waals surface area contributed by atoms with E-state index in [1.807, 2.05) is 19.1 Å². The average Bonchev–Trinajstić information content (AvgIpc) is 3.54. The second kappa shape index (κ2) is 10.4. The van der Waals surface area contributed by atoms with Gasteiger partial charge in [0.25, 0.3) is 5.91 Å². The smallest absolute Gasteiger partial charge is 0.251 e. The fraction of sp³-hybridized carbons (Fsp3) is 0.318. The lowest BCUT2D eigenvalue weighted by atomic mass is 10.2. The molecular formula is C22H25N9O2. The molecule has 0 saturated carbocycles. The summed E-state index contributed by atoms with van der Waals surface area (Å²) in [6, 6.07) is 7.24. The van der Waals surface area contributed by atoms with Gasteiger partial charge in [0.15, 0.2) is 17.4 Å². The van der Waals surface area contributed by atoms with Crippen molar-refractivity contribution in [2.75, 3.05) is 13.7 Å². The predicted molar refractivity (Wildman–Crippen MR) is 120 cm³/mol. The number of benzene rings is 1. The average molecular weight is 448 g/mol. The van der Waals surface area contributed by atoms with E-state index in [9.17, 15) is 4.79 Å². The van der Waals surface area contributed by atoms with Gasteiger partial charge in [-0.15, -0.1) is 0 Å². The van der Waals surface area contributed by atoms with Gasteiger partial charge in [-0.2, -0.15) is 20.1 Å². The Balaban J connectivity index is 1.46. The van der Waals surface area contributed by atoms with Crippen LogP contribution in [0.3, 0.4) is 0 Å². The van der Waals surface area contributed by atoms with Crippen LogP contribution >= 0.6 is 0 Å². The molecule has 1 aromatic carbocycles. The van der Waals surface area contributed by atoms with E-state index in [-0.39, 0.29) is 5.91 Å². The maximum Gasteiger partial charge on any atom is 0.251 e. The van der Waals surface area contributed by atoms with E-state index in [0.29, 0.717) is 47.4 Å². The molecule has 0 aliphatic rings. The first kappa shape index (κ1) is 22.1. The molecule has 0 atom stereocenters. The molecule has 0 bridgehead atoms. The molecule has 0 saturated heterocycles. The van der Waals surface area contributed by atoms with E-state index in [2.05, 4.69) is 35.6 Å². The third-order valence-electron chi connectivity index (χ3n) is 4.92. The molecule has 1 amide bonds. The van der Waals surface area contributed by atoms with Gasteiger partial charge in [-0.3, -0.25) is 4.79 Å². The van der Waals surface area contributed by atoms with Crippen LogP contribution < -0.4 is 10.1 Å². The summed E-state index contributed by atoms with van der Waals surface area (Å²) < 4.78 is 6.80. The molecule has 170 valence electrons. The highest BCUT2D eigenvalue weighted by Crippen LogP contribution is 2.20. The Kier molecular flexibility index (Phi) is 6.98. The molecule has 3 heterocycles. The number of aryl methyl sites for hydroxylation is 2. The molecule has 4 rings (SSSR count). The minimum atomic E-state index is -0.146. The number of hydrogen-bond acceptors (Lipinski definition) is 8. The fourth-order valence-electron chi connectivity index (χ4n) is 3.19. The van der Waals surface area contributed by atoms with Crippen molar-refractivity contribution < 1.29 is 9.53 Å². The summed E-state index contributed by atoms with van der Waals surface area (Å²) in [6.07, 6.45) is 8.83. The van der Waals surface area contributed by atoms with E-state index >= 15 is 0 Å². The van der Waals surface area contributed by atoms with Crippen molar-refractivity contribution in [1.29, 1.82) is 0 Å². The van der Waals surface area contributed by atoms with Crippen molar-refractivity contribution in [3.8, 4) is 23.1 Å². The van der Waals surface area contributed by atoms with Gasteiger partial charge in [0, 0.05) is 18.5 Å². The van der Waals surface area contributed by atoms with Gasteiger partial charge < -0.3 is 10.1 Å². The van der Waals surface area contributed by atoms with Crippen LogP contribution in [0.5, 0.6) is 5.75 Å². The second-order valence-corrected chi connectivity index (χ2v) is 7.20. The third-order valence-corrected chi connectivity index (χ3v) is 4.92. The summed E-state index contributed by atoms with van der Waals surface area (Å²) in [5.41, 5.74) is 1.24. The summed E-state index contributed by atoms with van der Waals surface area (Å²) in [4.78, 5) is 27.6. The maximum atomic E-state index is 12.7. The zero-order chi connectivity index (χ0) is 23.0. The van der Waals surface area contributed by atoms with Gasteiger partial charge in [0.1, 0.15) is 0 Å². The Bertz CT molecular complexity index is 1190. The highest BCUT2D eigenvalue weighted by atomic mass is 16.5. The quantitative estimate of drug-likeness (QED) is 0.366. The highest BCUT2D eigenvalue weighted by molar-refractivity contribution is 5.94. The van der Waals surface area contributed by atoms with E-state index in [1.165, 1.54) is 0 Å². The van der Waals surface area contributed by atoms with Crippen molar-refractivity contribution in [3.63, 3.8) is 0 Å². The zero-order valence-corrected chi connectivity index (χ0v) is 18.5. The van der Waals surface area contributed by atoms with Crippen LogP contribution in [0.2, 0.25) is 0 Å². The van der Waals surface area contributed by atoms with Crippen molar-refractivity contribution in [2.24, 2.45) is 0 Å². The molecule has 11 heteroatoms. The summed E-state index contributed by atoms with van der Waals surface area (Å²) in [7, 11) is 1.56. The van der Waals surface area contributed by atoms with Crippen molar-refractivity contribution in [3.05, 3.63) is 60.4 Å². The number of rotatable bonds is 10. The summed E-state index contributed by atoms with van der Waals surface area (Å²) in [5, 5.41) is 15.7. The number of nitrogens with zero attached hydrogens (tertiary/aromatic N) is 8. The lowest BCUT2D eigenvalue weighted by molar-refractivity contribution is 0.0952. The molecule has 0 fully saturated rings. The fourth-order valence-corrected chi connectivity index (χ4v) is 3.19. The number of hydrogen-bond donors (Lipinski definition) is 1. The first-order valence-corrected chi connectivity index (χ1v) is 10.7. The van der Waals surface area contributed by atoms with Crippen molar-refractivity contribution in [1.82, 2.24) is 45.0 Å². The van der Waals surface area contributed by atoms with Crippen molar-refractivity contribution in [2.45, 2.75) is 32.7 Å². The van der Waals surface area contributed by atoms with E-state index in [1.54, 1.807) is 53.5 Å². The second-order valence-electron chi connectivity index (χ2n) is 7.20. The number of methoxy groups -OCH3 is 1. The van der Waals surface area contributed by atoms with Gasteiger partial charge in [-0.1, -0.05) is 13.0 Å². The van der Waals surface area contributed by atoms with Crippen LogP contribution in [0, 0.1) is 0 Å². The zero-order valence-electron chi connectivity index (χ0n) is 18.5. The molecular weight excluding hydrogens is 422 g/mol. The number of ether oxygens (including phenoxy) is 1. The number of carbonyl (C=O) groups excluding carboxylic acids is 1. The molecule has 0 aliphatic heterocycles. The van der Waals surface area contributed by atoms with Crippen molar-refractivity contribution >= 4 is 5.91 Å². The molecule has 4 aromatic rings. The highest BCUT2D eigenvalue weighted by Gasteiger charge is 2.17. The summed E-state index contributed by atoms with van der Waals surface area (Å²) in [5.74, 6) is 1.99. The van der Waals surface area contributed by atoms with Gasteiger partial charge >= 0.3 is 0 Å². The summed E-state index contributed by atoms with van der Waals surface area (Å²) in [6.45, 7) is 3.27. The molecule has 11 nitrogen and oxygen atoms in total. The van der Waals surface area contributed by atoms with Crippen LogP contribution in [-0.4, -0.2) is 59.3 Å². The van der Waals surface area contributed by atoms with Gasteiger partial charge in [-0.05, 0) is 31.0 Å². The largest absolute Gasteiger partial charge is 0.494 e. The molecule has 0 spiro atoms. The predicted octanol–water partition coefficient (Wildman–Crippen LogP) is 2.10. The first-order valence-electron chi connectivity index (χ1n) is 10.7. The Hall–Kier alpha value is -4.15. The van der Waals surface area contributed by atoms with E-state index < -0.39 is 0 Å². The van der Waals surface area contributed by atoms with Crippen LogP contribution in [0.15, 0.2) is 49.1 Å². The SMILES string of the molecule is CCc1nc(-c2ncc(OC)cn2)n(-c2cccc(C(=O)NCCCCn3nccn3)c2)n1. The van der Waals surface area contributed by atoms with Crippen LogP contribution in [0.1, 0.15) is 35.9 Å². The molecule has 0 aliphatic carbocycles. The lowest BCUT2D eigenvalue weighted by Crippen LogP contribution is -2.24. The van der Waals surface area contributed by atoms with Gasteiger partial charge in [-0.25, -0.2) is 19.6 Å². The van der Waals surface area contributed by atoms with E-state index in [4.69, 9.17) is 4.74 Å². The normalized spacial score (nSPS) is 10.8.